The Kier molecular flexibility index (Phi) is 5.73. The SMILES string of the molecule is CCN(CCCC(=O)Nc1c(N)cc(Cl)cc1Cl)C1CC1. The minimum absolute atomic E-state index is 0.0715. The predicted molar refractivity (Wildman–Crippen MR) is 89.0 cm³/mol. The summed E-state index contributed by atoms with van der Waals surface area (Å²) in [7, 11) is 0. The van der Waals surface area contributed by atoms with Crippen molar-refractivity contribution in [3.8, 4) is 0 Å². The van der Waals surface area contributed by atoms with Crippen molar-refractivity contribution in [2.75, 3.05) is 24.1 Å². The number of carbonyl (C=O) groups is 1. The number of hydrogen-bond acceptors (Lipinski definition) is 3. The van der Waals surface area contributed by atoms with E-state index in [0.29, 0.717) is 27.8 Å². The molecule has 2 rings (SSSR count). The van der Waals surface area contributed by atoms with Gasteiger partial charge in [-0.25, -0.2) is 0 Å². The Labute approximate surface area is 135 Å². The molecule has 1 aliphatic carbocycles. The lowest BCUT2D eigenvalue weighted by atomic mass is 10.2. The van der Waals surface area contributed by atoms with Gasteiger partial charge in [0.15, 0.2) is 0 Å². The smallest absolute Gasteiger partial charge is 0.224 e. The number of nitrogens with two attached hydrogens (primary N) is 1. The minimum atomic E-state index is -0.0715. The van der Waals surface area contributed by atoms with E-state index in [1.165, 1.54) is 12.8 Å². The van der Waals surface area contributed by atoms with Gasteiger partial charge in [0.2, 0.25) is 5.91 Å². The van der Waals surface area contributed by atoms with E-state index in [4.69, 9.17) is 28.9 Å². The second kappa shape index (κ2) is 7.34. The lowest BCUT2D eigenvalue weighted by Crippen LogP contribution is -2.27. The summed E-state index contributed by atoms with van der Waals surface area (Å²) in [6.07, 6.45) is 3.87. The van der Waals surface area contributed by atoms with Crippen LogP contribution in [0, 0.1) is 0 Å². The molecule has 1 aliphatic rings. The topological polar surface area (TPSA) is 58.4 Å². The third-order valence-electron chi connectivity index (χ3n) is 3.67. The van der Waals surface area contributed by atoms with Crippen molar-refractivity contribution in [3.05, 3.63) is 22.2 Å². The van der Waals surface area contributed by atoms with Crippen molar-refractivity contribution < 1.29 is 4.79 Å². The van der Waals surface area contributed by atoms with E-state index in [1.807, 2.05) is 0 Å². The highest BCUT2D eigenvalue weighted by atomic mass is 35.5. The summed E-state index contributed by atoms with van der Waals surface area (Å²) < 4.78 is 0. The van der Waals surface area contributed by atoms with Gasteiger partial charge in [-0.1, -0.05) is 30.1 Å². The summed E-state index contributed by atoms with van der Waals surface area (Å²) >= 11 is 11.9. The van der Waals surface area contributed by atoms with Crippen LogP contribution < -0.4 is 11.1 Å². The first-order chi connectivity index (χ1) is 10.0. The van der Waals surface area contributed by atoms with E-state index in [-0.39, 0.29) is 5.91 Å². The van der Waals surface area contributed by atoms with Gasteiger partial charge in [0.25, 0.3) is 0 Å². The number of anilines is 2. The maximum absolute atomic E-state index is 12.0. The highest BCUT2D eigenvalue weighted by Crippen LogP contribution is 2.32. The minimum Gasteiger partial charge on any atom is -0.397 e. The van der Waals surface area contributed by atoms with Crippen LogP contribution in [-0.2, 0) is 4.79 Å². The molecule has 0 unspecified atom stereocenters. The second-order valence-corrected chi connectivity index (χ2v) is 6.21. The Morgan fingerprint density at radius 2 is 2.14 bits per heavy atom. The number of nitrogens with zero attached hydrogens (tertiary/aromatic N) is 1. The molecule has 4 nitrogen and oxygen atoms in total. The third kappa shape index (κ3) is 4.77. The van der Waals surface area contributed by atoms with Gasteiger partial charge in [-0.2, -0.15) is 0 Å². The van der Waals surface area contributed by atoms with Gasteiger partial charge >= 0.3 is 0 Å². The molecule has 1 aromatic rings. The monoisotopic (exact) mass is 329 g/mol. The number of halogens is 2. The average molecular weight is 330 g/mol. The zero-order valence-corrected chi connectivity index (χ0v) is 13.7. The molecule has 1 amide bonds. The van der Waals surface area contributed by atoms with Crippen LogP contribution in [-0.4, -0.2) is 29.9 Å². The number of rotatable bonds is 7. The van der Waals surface area contributed by atoms with Gasteiger partial charge in [0.1, 0.15) is 0 Å². The summed E-state index contributed by atoms with van der Waals surface area (Å²) in [6.45, 7) is 4.16. The summed E-state index contributed by atoms with van der Waals surface area (Å²) in [5, 5.41) is 3.59. The Hall–Kier alpha value is -0.970. The van der Waals surface area contributed by atoms with E-state index < -0.39 is 0 Å². The molecule has 0 aliphatic heterocycles. The van der Waals surface area contributed by atoms with Crippen LogP contribution in [0.5, 0.6) is 0 Å². The van der Waals surface area contributed by atoms with Crippen LogP contribution in [0.4, 0.5) is 11.4 Å². The van der Waals surface area contributed by atoms with Crippen LogP contribution in [0.25, 0.3) is 0 Å². The largest absolute Gasteiger partial charge is 0.397 e. The lowest BCUT2D eigenvalue weighted by molar-refractivity contribution is -0.116. The number of carbonyl (C=O) groups excluding carboxylic acids is 1. The van der Waals surface area contributed by atoms with E-state index in [2.05, 4.69) is 17.1 Å². The number of nitrogen functional groups attached to an aromatic ring is 1. The first-order valence-electron chi connectivity index (χ1n) is 7.29. The molecular weight excluding hydrogens is 309 g/mol. The molecule has 21 heavy (non-hydrogen) atoms. The molecule has 0 aromatic heterocycles. The number of amides is 1. The molecule has 0 heterocycles. The number of hydrogen-bond donors (Lipinski definition) is 2. The van der Waals surface area contributed by atoms with E-state index in [9.17, 15) is 4.79 Å². The normalized spacial score (nSPS) is 14.5. The molecule has 6 heteroatoms. The van der Waals surface area contributed by atoms with Gasteiger partial charge in [-0.3, -0.25) is 4.79 Å². The summed E-state index contributed by atoms with van der Waals surface area (Å²) in [5.74, 6) is -0.0715. The molecular formula is C15H21Cl2N3O. The quantitative estimate of drug-likeness (QED) is 0.748. The first kappa shape index (κ1) is 16.4. The molecule has 0 saturated heterocycles. The molecule has 0 bridgehead atoms. The van der Waals surface area contributed by atoms with Gasteiger partial charge in [0.05, 0.1) is 16.4 Å². The van der Waals surface area contributed by atoms with Gasteiger partial charge in [-0.05, 0) is 44.5 Å². The van der Waals surface area contributed by atoms with Crippen LogP contribution in [0.1, 0.15) is 32.6 Å². The highest BCUT2D eigenvalue weighted by Gasteiger charge is 2.27. The number of benzene rings is 1. The van der Waals surface area contributed by atoms with Crippen LogP contribution in [0.15, 0.2) is 12.1 Å². The molecule has 1 aromatic carbocycles. The van der Waals surface area contributed by atoms with E-state index in [0.717, 1.165) is 25.6 Å². The van der Waals surface area contributed by atoms with Gasteiger partial charge < -0.3 is 16.0 Å². The molecule has 3 N–H and O–H groups in total. The van der Waals surface area contributed by atoms with Crippen molar-refractivity contribution in [2.24, 2.45) is 0 Å². The van der Waals surface area contributed by atoms with Crippen molar-refractivity contribution in [3.63, 3.8) is 0 Å². The summed E-state index contributed by atoms with van der Waals surface area (Å²) in [4.78, 5) is 14.4. The molecule has 0 radical (unpaired) electrons. The second-order valence-electron chi connectivity index (χ2n) is 5.36. The Balaban J connectivity index is 1.82. The van der Waals surface area contributed by atoms with E-state index in [1.54, 1.807) is 12.1 Å². The van der Waals surface area contributed by atoms with Crippen molar-refractivity contribution in [1.82, 2.24) is 4.90 Å². The van der Waals surface area contributed by atoms with Crippen molar-refractivity contribution in [2.45, 2.75) is 38.6 Å². The van der Waals surface area contributed by atoms with Crippen molar-refractivity contribution >= 4 is 40.5 Å². The lowest BCUT2D eigenvalue weighted by Gasteiger charge is -2.19. The average Bonchev–Trinajstić information content (AvgIpc) is 3.23. The zero-order chi connectivity index (χ0) is 15.4. The third-order valence-corrected chi connectivity index (χ3v) is 4.18. The standard InChI is InChI=1S/C15H21Cl2N3O/c1-2-20(11-5-6-11)7-3-4-14(21)19-15-12(17)8-10(16)9-13(15)18/h8-9,11H,2-7,18H2,1H3,(H,19,21). The van der Waals surface area contributed by atoms with Crippen LogP contribution in [0.2, 0.25) is 10.0 Å². The zero-order valence-electron chi connectivity index (χ0n) is 12.2. The fraction of sp³-hybridized carbons (Fsp3) is 0.533. The van der Waals surface area contributed by atoms with Crippen LogP contribution >= 0.6 is 23.2 Å². The van der Waals surface area contributed by atoms with Gasteiger partial charge in [-0.15, -0.1) is 0 Å². The van der Waals surface area contributed by atoms with Gasteiger partial charge in [0, 0.05) is 17.5 Å². The molecule has 1 saturated carbocycles. The van der Waals surface area contributed by atoms with Crippen molar-refractivity contribution in [1.29, 1.82) is 0 Å². The fourth-order valence-corrected chi connectivity index (χ4v) is 2.96. The van der Waals surface area contributed by atoms with E-state index >= 15 is 0 Å². The highest BCUT2D eigenvalue weighted by molar-refractivity contribution is 6.37. The van der Waals surface area contributed by atoms with Crippen LogP contribution in [0.3, 0.4) is 0 Å². The molecule has 116 valence electrons. The summed E-state index contributed by atoms with van der Waals surface area (Å²) in [5.41, 5.74) is 6.65. The Morgan fingerprint density at radius 1 is 1.43 bits per heavy atom. The first-order valence-corrected chi connectivity index (χ1v) is 8.05. The molecule has 0 atom stereocenters. The fourth-order valence-electron chi connectivity index (χ4n) is 2.41. The Bertz CT molecular complexity index is 495. The molecule has 0 spiro atoms. The predicted octanol–water partition coefficient (Wildman–Crippen LogP) is 3.78. The summed E-state index contributed by atoms with van der Waals surface area (Å²) in [6, 6.07) is 3.88. The maximum Gasteiger partial charge on any atom is 0.224 e. The molecule has 1 fully saturated rings. The Morgan fingerprint density at radius 3 is 2.71 bits per heavy atom. The number of nitrogens with one attached hydrogen (secondary N) is 1. The maximum atomic E-state index is 12.0.